The Morgan fingerprint density at radius 1 is 0.821 bits per heavy atom. The van der Waals surface area contributed by atoms with Crippen molar-refractivity contribution in [3.05, 3.63) is 48.0 Å². The van der Waals surface area contributed by atoms with Crippen LogP contribution >= 0.6 is 0 Å². The van der Waals surface area contributed by atoms with Crippen LogP contribution in [-0.2, 0) is 9.53 Å². The molecule has 0 radical (unpaired) electrons. The van der Waals surface area contributed by atoms with Crippen molar-refractivity contribution in [3.8, 4) is 23.0 Å². The van der Waals surface area contributed by atoms with Crippen molar-refractivity contribution in [2.24, 2.45) is 0 Å². The molecule has 0 saturated heterocycles. The van der Waals surface area contributed by atoms with Crippen molar-refractivity contribution in [2.45, 2.75) is 12.8 Å². The Labute approximate surface area is 164 Å². The van der Waals surface area contributed by atoms with Gasteiger partial charge in [0.15, 0.2) is 23.9 Å². The number of benzene rings is 2. The first-order chi connectivity index (χ1) is 13.6. The van der Waals surface area contributed by atoms with E-state index < -0.39 is 5.97 Å². The molecule has 0 aromatic heterocycles. The lowest BCUT2D eigenvalue weighted by Gasteiger charge is -2.09. The van der Waals surface area contributed by atoms with Gasteiger partial charge in [-0.25, -0.2) is 0 Å². The number of esters is 1. The molecule has 0 fully saturated rings. The van der Waals surface area contributed by atoms with Crippen LogP contribution < -0.4 is 18.9 Å². The van der Waals surface area contributed by atoms with Gasteiger partial charge in [-0.15, -0.1) is 0 Å². The molecule has 0 bridgehead atoms. The van der Waals surface area contributed by atoms with Crippen molar-refractivity contribution >= 4 is 11.8 Å². The summed E-state index contributed by atoms with van der Waals surface area (Å²) in [6.07, 6.45) is 0.644. The van der Waals surface area contributed by atoms with E-state index in [1.54, 1.807) is 49.6 Å². The maximum absolute atomic E-state index is 12.2. The van der Waals surface area contributed by atoms with Gasteiger partial charge in [-0.1, -0.05) is 0 Å². The highest BCUT2D eigenvalue weighted by Gasteiger charge is 2.13. The highest BCUT2D eigenvalue weighted by molar-refractivity contribution is 5.98. The first-order valence-corrected chi connectivity index (χ1v) is 8.75. The highest BCUT2D eigenvalue weighted by atomic mass is 16.5. The second-order valence-corrected chi connectivity index (χ2v) is 5.78. The molecule has 0 N–H and O–H groups in total. The number of carbonyl (C=O) groups excluding carboxylic acids is 2. The van der Waals surface area contributed by atoms with E-state index in [1.165, 1.54) is 14.2 Å². The zero-order valence-electron chi connectivity index (χ0n) is 16.2. The van der Waals surface area contributed by atoms with E-state index in [-0.39, 0.29) is 18.8 Å². The molecule has 7 heteroatoms. The van der Waals surface area contributed by atoms with Crippen LogP contribution in [0.2, 0.25) is 0 Å². The number of methoxy groups -OCH3 is 3. The van der Waals surface area contributed by atoms with E-state index in [2.05, 4.69) is 0 Å². The summed E-state index contributed by atoms with van der Waals surface area (Å²) in [6, 6.07) is 12.0. The molecule has 0 unspecified atom stereocenters. The predicted molar refractivity (Wildman–Crippen MR) is 103 cm³/mol. The van der Waals surface area contributed by atoms with Crippen LogP contribution in [-0.4, -0.2) is 46.3 Å². The molecule has 2 rings (SSSR count). The number of ether oxygens (including phenoxy) is 5. The van der Waals surface area contributed by atoms with Gasteiger partial charge in [0.25, 0.3) is 0 Å². The van der Waals surface area contributed by atoms with Crippen molar-refractivity contribution in [1.29, 1.82) is 0 Å². The zero-order valence-corrected chi connectivity index (χ0v) is 16.2. The molecule has 0 amide bonds. The molecular weight excluding hydrogens is 364 g/mol. The average molecular weight is 388 g/mol. The van der Waals surface area contributed by atoms with Gasteiger partial charge in [0.05, 0.1) is 27.9 Å². The molecule has 28 heavy (non-hydrogen) atoms. The Hall–Kier alpha value is -3.22. The Morgan fingerprint density at radius 3 is 2.14 bits per heavy atom. The largest absolute Gasteiger partial charge is 0.497 e. The van der Waals surface area contributed by atoms with E-state index >= 15 is 0 Å². The minimum Gasteiger partial charge on any atom is -0.497 e. The molecule has 0 aliphatic carbocycles. The third kappa shape index (κ3) is 6.19. The number of Topliss-reactive ketones (excluding diaryl/α,β-unsaturated/α-hetero) is 1. The van der Waals surface area contributed by atoms with Gasteiger partial charge < -0.3 is 23.7 Å². The smallest absolute Gasteiger partial charge is 0.306 e. The molecule has 0 saturated carbocycles. The number of ketones is 1. The van der Waals surface area contributed by atoms with E-state index in [1.807, 2.05) is 0 Å². The van der Waals surface area contributed by atoms with E-state index in [0.717, 1.165) is 5.75 Å². The third-order valence-electron chi connectivity index (χ3n) is 3.92. The molecule has 0 aliphatic heterocycles. The van der Waals surface area contributed by atoms with Gasteiger partial charge in [0.2, 0.25) is 0 Å². The zero-order chi connectivity index (χ0) is 20.4. The number of hydrogen-bond donors (Lipinski definition) is 0. The maximum atomic E-state index is 12.2. The van der Waals surface area contributed by atoms with E-state index in [9.17, 15) is 9.59 Å². The SMILES string of the molecule is COc1ccc(OCCCC(=O)OCC(=O)c2ccc(OC)c(OC)c2)cc1. The molecule has 2 aromatic carbocycles. The van der Waals surface area contributed by atoms with Crippen molar-refractivity contribution < 1.29 is 33.3 Å². The second-order valence-electron chi connectivity index (χ2n) is 5.78. The van der Waals surface area contributed by atoms with Gasteiger partial charge in [-0.3, -0.25) is 9.59 Å². The molecule has 7 nitrogen and oxygen atoms in total. The monoisotopic (exact) mass is 388 g/mol. The predicted octanol–water partition coefficient (Wildman–Crippen LogP) is 3.30. The summed E-state index contributed by atoms with van der Waals surface area (Å²) in [7, 11) is 4.59. The summed E-state index contributed by atoms with van der Waals surface area (Å²) >= 11 is 0. The van der Waals surface area contributed by atoms with E-state index in [4.69, 9.17) is 23.7 Å². The van der Waals surface area contributed by atoms with Gasteiger partial charge in [-0.2, -0.15) is 0 Å². The third-order valence-corrected chi connectivity index (χ3v) is 3.92. The van der Waals surface area contributed by atoms with Crippen LogP contribution in [0, 0.1) is 0 Å². The van der Waals surface area contributed by atoms with Gasteiger partial charge >= 0.3 is 5.97 Å². The van der Waals surface area contributed by atoms with Crippen molar-refractivity contribution in [2.75, 3.05) is 34.5 Å². The minimum atomic E-state index is -0.452. The topological polar surface area (TPSA) is 80.3 Å². The molecular formula is C21H24O7. The Kier molecular flexibility index (Phi) is 8.14. The summed E-state index contributed by atoms with van der Waals surface area (Å²) in [5, 5.41) is 0. The molecule has 0 spiro atoms. The van der Waals surface area contributed by atoms with Crippen LogP contribution in [0.5, 0.6) is 23.0 Å². The molecule has 0 heterocycles. The Morgan fingerprint density at radius 2 is 1.50 bits per heavy atom. The maximum Gasteiger partial charge on any atom is 0.306 e. The fourth-order valence-corrected chi connectivity index (χ4v) is 2.39. The summed E-state index contributed by atoms with van der Waals surface area (Å²) < 4.78 is 25.9. The minimum absolute atomic E-state index is 0.162. The van der Waals surface area contributed by atoms with Crippen LogP contribution in [0.25, 0.3) is 0 Å². The Bertz CT molecular complexity index is 784. The fourth-order valence-electron chi connectivity index (χ4n) is 2.39. The van der Waals surface area contributed by atoms with Crippen molar-refractivity contribution in [3.63, 3.8) is 0 Å². The first-order valence-electron chi connectivity index (χ1n) is 8.75. The lowest BCUT2D eigenvalue weighted by atomic mass is 10.1. The Balaban J connectivity index is 1.70. The van der Waals surface area contributed by atoms with Gasteiger partial charge in [0.1, 0.15) is 11.5 Å². The summed E-state index contributed by atoms with van der Waals surface area (Å²) in [6.45, 7) is 0.0404. The summed E-state index contributed by atoms with van der Waals surface area (Å²) in [5.74, 6) is 1.63. The van der Waals surface area contributed by atoms with Crippen LogP contribution in [0.3, 0.4) is 0 Å². The number of hydrogen-bond acceptors (Lipinski definition) is 7. The molecule has 0 aliphatic rings. The molecule has 2 aromatic rings. The normalized spacial score (nSPS) is 10.1. The lowest BCUT2D eigenvalue weighted by molar-refractivity contribution is -0.142. The van der Waals surface area contributed by atoms with Crippen LogP contribution in [0.1, 0.15) is 23.2 Å². The number of carbonyl (C=O) groups is 2. The van der Waals surface area contributed by atoms with Crippen molar-refractivity contribution in [1.82, 2.24) is 0 Å². The summed E-state index contributed by atoms with van der Waals surface area (Å²) in [5.41, 5.74) is 0.383. The second kappa shape index (κ2) is 10.8. The average Bonchev–Trinajstić information content (AvgIpc) is 2.74. The lowest BCUT2D eigenvalue weighted by Crippen LogP contribution is -2.15. The van der Waals surface area contributed by atoms with Gasteiger partial charge in [0, 0.05) is 12.0 Å². The van der Waals surface area contributed by atoms with E-state index in [0.29, 0.717) is 35.8 Å². The highest BCUT2D eigenvalue weighted by Crippen LogP contribution is 2.27. The first kappa shape index (κ1) is 21.1. The molecule has 150 valence electrons. The van der Waals surface area contributed by atoms with Gasteiger partial charge in [-0.05, 0) is 48.9 Å². The quantitative estimate of drug-likeness (QED) is 0.332. The van der Waals surface area contributed by atoms with Crippen LogP contribution in [0.4, 0.5) is 0 Å². The number of rotatable bonds is 11. The molecule has 0 atom stereocenters. The van der Waals surface area contributed by atoms with Crippen LogP contribution in [0.15, 0.2) is 42.5 Å². The fraction of sp³-hybridized carbons (Fsp3) is 0.333. The summed E-state index contributed by atoms with van der Waals surface area (Å²) in [4.78, 5) is 24.0. The standard InChI is InChI=1S/C21H24O7/c1-24-16-7-9-17(10-8-16)27-12-4-5-21(23)28-14-18(22)15-6-11-19(25-2)20(13-15)26-3/h6-11,13H,4-5,12,14H2,1-3H3.